The molecule has 0 saturated heterocycles. The van der Waals surface area contributed by atoms with E-state index in [2.05, 4.69) is 29.5 Å². The van der Waals surface area contributed by atoms with Crippen molar-refractivity contribution in [1.29, 1.82) is 0 Å². The maximum absolute atomic E-state index is 5.58. The van der Waals surface area contributed by atoms with E-state index in [4.69, 9.17) is 18.9 Å². The van der Waals surface area contributed by atoms with Gasteiger partial charge in [0.2, 0.25) is 0 Å². The lowest BCUT2D eigenvalue weighted by Crippen LogP contribution is -2.38. The van der Waals surface area contributed by atoms with Crippen molar-refractivity contribution in [3.05, 3.63) is 17.7 Å². The van der Waals surface area contributed by atoms with Gasteiger partial charge in [0.05, 0.1) is 21.3 Å². The van der Waals surface area contributed by atoms with E-state index in [0.717, 1.165) is 75.0 Å². The Morgan fingerprint density at radius 2 is 1.59 bits per heavy atom. The Hall–Kier alpha value is -1.42. The Balaban J connectivity index is 0.00000784. The second-order valence-electron chi connectivity index (χ2n) is 6.27. The lowest BCUT2D eigenvalue weighted by atomic mass is 10.1. The van der Waals surface area contributed by atoms with Gasteiger partial charge in [-0.15, -0.1) is 24.0 Å². The maximum Gasteiger partial charge on any atom is 0.191 e. The van der Waals surface area contributed by atoms with Crippen molar-refractivity contribution >= 4 is 29.9 Å². The Morgan fingerprint density at radius 3 is 2.14 bits per heavy atom. The molecule has 0 aromatic heterocycles. The second-order valence-corrected chi connectivity index (χ2v) is 6.27. The molecule has 2 N–H and O–H groups in total. The zero-order chi connectivity index (χ0) is 20.6. The van der Waals surface area contributed by atoms with E-state index < -0.39 is 0 Å². The highest BCUT2D eigenvalue weighted by Crippen LogP contribution is 2.34. The van der Waals surface area contributed by atoms with Crippen LogP contribution in [0.5, 0.6) is 17.2 Å². The van der Waals surface area contributed by atoms with Gasteiger partial charge < -0.3 is 29.6 Å². The number of hydrogen-bond acceptors (Lipinski definition) is 5. The zero-order valence-electron chi connectivity index (χ0n) is 18.5. The molecule has 0 spiro atoms. The van der Waals surface area contributed by atoms with Crippen LogP contribution in [0.4, 0.5) is 0 Å². The Labute approximate surface area is 192 Å². The van der Waals surface area contributed by atoms with Crippen molar-refractivity contribution in [1.82, 2.24) is 10.6 Å². The fourth-order valence-corrected chi connectivity index (χ4v) is 2.68. The number of guanidine groups is 1. The van der Waals surface area contributed by atoms with E-state index in [1.807, 2.05) is 12.1 Å². The van der Waals surface area contributed by atoms with Gasteiger partial charge >= 0.3 is 0 Å². The van der Waals surface area contributed by atoms with E-state index in [9.17, 15) is 0 Å². The fourth-order valence-electron chi connectivity index (χ4n) is 2.68. The first kappa shape index (κ1) is 27.6. The van der Waals surface area contributed by atoms with Crippen molar-refractivity contribution in [3.63, 3.8) is 0 Å². The van der Waals surface area contributed by atoms with Crippen LogP contribution in [-0.2, 0) is 11.2 Å². The molecule has 1 rings (SSSR count). The number of aliphatic imine (C=N–C) groups is 1. The molecule has 0 atom stereocenters. The minimum absolute atomic E-state index is 0. The summed E-state index contributed by atoms with van der Waals surface area (Å²) in [4.78, 5) is 4.61. The number of nitrogens with one attached hydrogen (secondary N) is 2. The summed E-state index contributed by atoms with van der Waals surface area (Å²) in [6.07, 6.45) is 3.93. The molecular weight excluding hydrogens is 485 g/mol. The monoisotopic (exact) mass is 523 g/mol. The summed E-state index contributed by atoms with van der Waals surface area (Å²) in [5.41, 5.74) is 0.999. The largest absolute Gasteiger partial charge is 0.496 e. The number of ether oxygens (including phenoxy) is 4. The van der Waals surface area contributed by atoms with E-state index in [1.165, 1.54) is 0 Å². The number of halogens is 1. The standard InChI is InChI=1S/C21H37N3O4.HI/c1-6-8-13-28-14-9-11-23-21(22-7-2)24-12-10-18-19(26-4)15-17(25-3)16-20(18)27-5;/h15-16H,6-14H2,1-5H3,(H2,22,23,24);1H. The molecule has 7 nitrogen and oxygen atoms in total. The number of benzene rings is 1. The quantitative estimate of drug-likeness (QED) is 0.168. The Kier molecular flexibility index (Phi) is 16.6. The molecule has 0 aliphatic heterocycles. The van der Waals surface area contributed by atoms with Gasteiger partial charge in [-0.3, -0.25) is 4.99 Å². The average Bonchev–Trinajstić information content (AvgIpc) is 2.72. The van der Waals surface area contributed by atoms with Crippen LogP contribution < -0.4 is 24.8 Å². The highest BCUT2D eigenvalue weighted by molar-refractivity contribution is 14.0. The SMILES string of the molecule is CCCCOCCCN=C(NCC)NCCc1c(OC)cc(OC)cc1OC.I. The first-order valence-electron chi connectivity index (χ1n) is 10.1. The van der Waals surface area contributed by atoms with Gasteiger partial charge in [0.1, 0.15) is 17.2 Å². The Bertz CT molecular complexity index is 560. The van der Waals surface area contributed by atoms with Crippen LogP contribution in [0.2, 0.25) is 0 Å². The molecule has 0 amide bonds. The minimum Gasteiger partial charge on any atom is -0.496 e. The molecule has 0 aliphatic carbocycles. The van der Waals surface area contributed by atoms with Crippen LogP contribution in [0.1, 0.15) is 38.7 Å². The van der Waals surface area contributed by atoms with Crippen molar-refractivity contribution < 1.29 is 18.9 Å². The number of hydrogen-bond donors (Lipinski definition) is 2. The molecule has 8 heteroatoms. The smallest absolute Gasteiger partial charge is 0.191 e. The minimum atomic E-state index is 0. The molecule has 168 valence electrons. The highest BCUT2D eigenvalue weighted by Gasteiger charge is 2.13. The van der Waals surface area contributed by atoms with Crippen molar-refractivity contribution in [2.75, 3.05) is 54.2 Å². The second kappa shape index (κ2) is 17.4. The number of rotatable bonds is 14. The maximum atomic E-state index is 5.58. The normalized spacial score (nSPS) is 10.9. The van der Waals surface area contributed by atoms with Crippen molar-refractivity contribution in [2.45, 2.75) is 39.5 Å². The van der Waals surface area contributed by atoms with Crippen LogP contribution >= 0.6 is 24.0 Å². The first-order chi connectivity index (χ1) is 13.7. The number of methoxy groups -OCH3 is 3. The van der Waals surface area contributed by atoms with E-state index >= 15 is 0 Å². The zero-order valence-corrected chi connectivity index (χ0v) is 20.8. The van der Waals surface area contributed by atoms with Gasteiger partial charge in [-0.1, -0.05) is 13.3 Å². The summed E-state index contributed by atoms with van der Waals surface area (Å²) in [6.45, 7) is 8.06. The highest BCUT2D eigenvalue weighted by atomic mass is 127. The van der Waals surface area contributed by atoms with Gasteiger partial charge in [0.15, 0.2) is 5.96 Å². The molecule has 1 aromatic rings. The van der Waals surface area contributed by atoms with Crippen molar-refractivity contribution in [3.8, 4) is 17.2 Å². The molecule has 0 fully saturated rings. The molecule has 0 bridgehead atoms. The molecule has 1 aromatic carbocycles. The van der Waals surface area contributed by atoms with Crippen molar-refractivity contribution in [2.24, 2.45) is 4.99 Å². The molecule has 0 saturated carbocycles. The molecule has 0 heterocycles. The van der Waals surface area contributed by atoms with Crippen LogP contribution in [-0.4, -0.2) is 60.1 Å². The average molecular weight is 523 g/mol. The molecule has 0 radical (unpaired) electrons. The lowest BCUT2D eigenvalue weighted by Gasteiger charge is -2.16. The van der Waals surface area contributed by atoms with Gasteiger partial charge in [0, 0.05) is 50.5 Å². The summed E-state index contributed by atoms with van der Waals surface area (Å²) >= 11 is 0. The predicted octanol–water partition coefficient (Wildman–Crippen LogP) is 3.63. The Morgan fingerprint density at radius 1 is 0.931 bits per heavy atom. The van der Waals surface area contributed by atoms with E-state index in [1.54, 1.807) is 21.3 Å². The third kappa shape index (κ3) is 10.8. The topological polar surface area (TPSA) is 73.3 Å². The lowest BCUT2D eigenvalue weighted by molar-refractivity contribution is 0.130. The summed E-state index contributed by atoms with van der Waals surface area (Å²) in [5.74, 6) is 3.03. The summed E-state index contributed by atoms with van der Waals surface area (Å²) < 4.78 is 21.9. The van der Waals surface area contributed by atoms with Crippen LogP contribution in [0.15, 0.2) is 17.1 Å². The molecular formula is C21H38IN3O4. The van der Waals surface area contributed by atoms with E-state index in [0.29, 0.717) is 12.3 Å². The first-order valence-corrected chi connectivity index (χ1v) is 10.1. The number of unbranched alkanes of at least 4 members (excludes halogenated alkanes) is 1. The summed E-state index contributed by atoms with van der Waals surface area (Å²) in [5, 5.41) is 6.64. The van der Waals surface area contributed by atoms with E-state index in [-0.39, 0.29) is 24.0 Å². The third-order valence-corrected chi connectivity index (χ3v) is 4.19. The van der Waals surface area contributed by atoms with Crippen LogP contribution in [0, 0.1) is 0 Å². The summed E-state index contributed by atoms with van der Waals surface area (Å²) in [6, 6.07) is 3.74. The van der Waals surface area contributed by atoms with Gasteiger partial charge in [-0.25, -0.2) is 0 Å². The summed E-state index contributed by atoms with van der Waals surface area (Å²) in [7, 11) is 4.93. The van der Waals surface area contributed by atoms with Gasteiger partial charge in [-0.2, -0.15) is 0 Å². The van der Waals surface area contributed by atoms with Gasteiger partial charge in [0.25, 0.3) is 0 Å². The molecule has 0 aliphatic rings. The van der Waals surface area contributed by atoms with Crippen LogP contribution in [0.3, 0.4) is 0 Å². The molecule has 0 unspecified atom stereocenters. The van der Waals surface area contributed by atoms with Gasteiger partial charge in [-0.05, 0) is 26.2 Å². The fraction of sp³-hybridized carbons (Fsp3) is 0.667. The third-order valence-electron chi connectivity index (χ3n) is 4.19. The predicted molar refractivity (Wildman–Crippen MR) is 130 cm³/mol. The number of nitrogens with zero attached hydrogens (tertiary/aromatic N) is 1. The molecule has 29 heavy (non-hydrogen) atoms. The van der Waals surface area contributed by atoms with Crippen LogP contribution in [0.25, 0.3) is 0 Å².